The maximum atomic E-state index is 5.76. The summed E-state index contributed by atoms with van der Waals surface area (Å²) in [5.41, 5.74) is 0.379. The molecule has 1 aliphatic carbocycles. The van der Waals surface area contributed by atoms with Crippen molar-refractivity contribution in [3.05, 3.63) is 0 Å². The van der Waals surface area contributed by atoms with Gasteiger partial charge in [-0.2, -0.15) is 0 Å². The molecule has 118 valence electrons. The van der Waals surface area contributed by atoms with Crippen molar-refractivity contribution in [1.82, 2.24) is 10.2 Å². The Labute approximate surface area is 125 Å². The van der Waals surface area contributed by atoms with E-state index in [-0.39, 0.29) is 0 Å². The molecule has 1 saturated carbocycles. The van der Waals surface area contributed by atoms with E-state index in [0.29, 0.717) is 5.41 Å². The van der Waals surface area contributed by atoms with Crippen LogP contribution in [-0.4, -0.2) is 50.3 Å². The quantitative estimate of drug-likeness (QED) is 0.630. The van der Waals surface area contributed by atoms with E-state index in [2.05, 4.69) is 24.1 Å². The Bertz CT molecular complexity index is 252. The normalized spacial score (nSPS) is 26.6. The van der Waals surface area contributed by atoms with Crippen molar-refractivity contribution in [2.75, 3.05) is 39.4 Å². The molecule has 1 heterocycles. The van der Waals surface area contributed by atoms with Crippen molar-refractivity contribution >= 4 is 0 Å². The zero-order valence-corrected chi connectivity index (χ0v) is 13.6. The molecule has 2 aliphatic rings. The fourth-order valence-corrected chi connectivity index (χ4v) is 3.13. The van der Waals surface area contributed by atoms with Crippen LogP contribution in [0.1, 0.15) is 58.8 Å². The van der Waals surface area contributed by atoms with Crippen LogP contribution in [0.15, 0.2) is 0 Å². The van der Waals surface area contributed by atoms with Crippen LogP contribution < -0.4 is 5.32 Å². The number of nitrogens with zero attached hydrogens (tertiary/aromatic N) is 1. The van der Waals surface area contributed by atoms with E-state index in [1.165, 1.54) is 64.6 Å². The lowest BCUT2D eigenvalue weighted by Crippen LogP contribution is -2.45. The van der Waals surface area contributed by atoms with Crippen molar-refractivity contribution in [3.8, 4) is 0 Å². The third-order valence-electron chi connectivity index (χ3n) is 4.74. The van der Waals surface area contributed by atoms with Crippen LogP contribution in [0.5, 0.6) is 0 Å². The van der Waals surface area contributed by atoms with Gasteiger partial charge in [0.2, 0.25) is 0 Å². The van der Waals surface area contributed by atoms with Gasteiger partial charge in [-0.15, -0.1) is 0 Å². The predicted molar refractivity (Wildman–Crippen MR) is 85.1 cm³/mol. The Kier molecular flexibility index (Phi) is 6.79. The molecule has 0 aromatic rings. The van der Waals surface area contributed by atoms with Gasteiger partial charge in [-0.25, -0.2) is 0 Å². The van der Waals surface area contributed by atoms with Crippen LogP contribution >= 0.6 is 0 Å². The standard InChI is InChI=1S/C17H34N2O/c1-3-5-10-19(11-6-4-2)14-17(9-12-20-15-17)13-18-16-7-8-16/h16,18H,3-15H2,1-2H3. The third-order valence-corrected chi connectivity index (χ3v) is 4.74. The van der Waals surface area contributed by atoms with Gasteiger partial charge in [0.1, 0.15) is 0 Å². The fraction of sp³-hybridized carbons (Fsp3) is 1.00. The van der Waals surface area contributed by atoms with E-state index < -0.39 is 0 Å². The lowest BCUT2D eigenvalue weighted by atomic mass is 9.86. The van der Waals surface area contributed by atoms with Crippen LogP contribution in [0.4, 0.5) is 0 Å². The summed E-state index contributed by atoms with van der Waals surface area (Å²) in [4.78, 5) is 2.70. The summed E-state index contributed by atoms with van der Waals surface area (Å²) in [5, 5.41) is 3.75. The summed E-state index contributed by atoms with van der Waals surface area (Å²) in [6, 6.07) is 0.812. The SMILES string of the molecule is CCCCN(CCCC)CC1(CNC2CC2)CCOC1. The Morgan fingerprint density at radius 1 is 1.15 bits per heavy atom. The average Bonchev–Trinajstić information content (AvgIpc) is 3.19. The molecule has 1 atom stereocenters. The molecular weight excluding hydrogens is 248 g/mol. The highest BCUT2D eigenvalue weighted by Crippen LogP contribution is 2.31. The Hall–Kier alpha value is -0.120. The molecule has 2 rings (SSSR count). The van der Waals surface area contributed by atoms with Crippen LogP contribution in [0.2, 0.25) is 0 Å². The van der Waals surface area contributed by atoms with Crippen LogP contribution in [0.25, 0.3) is 0 Å². The molecular formula is C17H34N2O. The molecule has 1 N–H and O–H groups in total. The van der Waals surface area contributed by atoms with Crippen molar-refractivity contribution < 1.29 is 4.74 Å². The molecule has 0 amide bonds. The number of hydrogen-bond acceptors (Lipinski definition) is 3. The number of hydrogen-bond donors (Lipinski definition) is 1. The molecule has 1 aliphatic heterocycles. The third kappa shape index (κ3) is 5.34. The van der Waals surface area contributed by atoms with E-state index >= 15 is 0 Å². The van der Waals surface area contributed by atoms with Gasteiger partial charge in [0.25, 0.3) is 0 Å². The molecule has 1 unspecified atom stereocenters. The van der Waals surface area contributed by atoms with Crippen molar-refractivity contribution in [3.63, 3.8) is 0 Å². The van der Waals surface area contributed by atoms with Crippen molar-refractivity contribution in [2.24, 2.45) is 5.41 Å². The highest BCUT2D eigenvalue weighted by molar-refractivity contribution is 4.92. The first-order valence-corrected chi connectivity index (χ1v) is 8.81. The molecule has 0 aromatic carbocycles. The van der Waals surface area contributed by atoms with E-state index in [1.54, 1.807) is 0 Å². The maximum absolute atomic E-state index is 5.76. The minimum Gasteiger partial charge on any atom is -0.381 e. The van der Waals surface area contributed by atoms with Gasteiger partial charge in [-0.1, -0.05) is 26.7 Å². The summed E-state index contributed by atoms with van der Waals surface area (Å²) in [5.74, 6) is 0. The molecule has 0 bridgehead atoms. The topological polar surface area (TPSA) is 24.5 Å². The first-order valence-electron chi connectivity index (χ1n) is 8.81. The minimum absolute atomic E-state index is 0.379. The van der Waals surface area contributed by atoms with E-state index in [1.807, 2.05) is 0 Å². The largest absolute Gasteiger partial charge is 0.381 e. The lowest BCUT2D eigenvalue weighted by molar-refractivity contribution is 0.106. The summed E-state index contributed by atoms with van der Waals surface area (Å²) >= 11 is 0. The monoisotopic (exact) mass is 282 g/mol. The van der Waals surface area contributed by atoms with E-state index in [9.17, 15) is 0 Å². The molecule has 1 saturated heterocycles. The van der Waals surface area contributed by atoms with Gasteiger partial charge in [0.05, 0.1) is 6.61 Å². The molecule has 0 radical (unpaired) electrons. The van der Waals surface area contributed by atoms with Gasteiger partial charge < -0.3 is 15.0 Å². The maximum Gasteiger partial charge on any atom is 0.0547 e. The molecule has 3 heteroatoms. The van der Waals surface area contributed by atoms with E-state index in [0.717, 1.165) is 25.8 Å². The first kappa shape index (κ1) is 16.3. The lowest BCUT2D eigenvalue weighted by Gasteiger charge is -2.35. The van der Waals surface area contributed by atoms with Crippen molar-refractivity contribution in [2.45, 2.75) is 64.8 Å². The first-order chi connectivity index (χ1) is 9.78. The number of nitrogens with one attached hydrogen (secondary N) is 1. The summed E-state index contributed by atoms with van der Waals surface area (Å²) in [7, 11) is 0. The van der Waals surface area contributed by atoms with Crippen LogP contribution in [0, 0.1) is 5.41 Å². The van der Waals surface area contributed by atoms with Gasteiger partial charge >= 0.3 is 0 Å². The summed E-state index contributed by atoms with van der Waals surface area (Å²) in [6.45, 7) is 11.4. The molecule has 0 spiro atoms. The van der Waals surface area contributed by atoms with Gasteiger partial charge in [0.15, 0.2) is 0 Å². The minimum atomic E-state index is 0.379. The molecule has 20 heavy (non-hydrogen) atoms. The summed E-state index contributed by atoms with van der Waals surface area (Å²) < 4.78 is 5.76. The second-order valence-corrected chi connectivity index (χ2v) is 6.94. The highest BCUT2D eigenvalue weighted by atomic mass is 16.5. The van der Waals surface area contributed by atoms with E-state index in [4.69, 9.17) is 4.74 Å². The second-order valence-electron chi connectivity index (χ2n) is 6.94. The average molecular weight is 282 g/mol. The second kappa shape index (κ2) is 8.35. The predicted octanol–water partition coefficient (Wildman–Crippen LogP) is 3.05. The molecule has 2 fully saturated rings. The van der Waals surface area contributed by atoms with Crippen molar-refractivity contribution in [1.29, 1.82) is 0 Å². The Balaban J connectivity index is 1.84. The zero-order chi connectivity index (χ0) is 14.3. The fourth-order valence-electron chi connectivity index (χ4n) is 3.13. The molecule has 0 aromatic heterocycles. The zero-order valence-electron chi connectivity index (χ0n) is 13.6. The number of ether oxygens (including phenoxy) is 1. The highest BCUT2D eigenvalue weighted by Gasteiger charge is 2.37. The Morgan fingerprint density at radius 3 is 2.35 bits per heavy atom. The van der Waals surface area contributed by atoms with Gasteiger partial charge in [-0.3, -0.25) is 0 Å². The van der Waals surface area contributed by atoms with Gasteiger partial charge in [-0.05, 0) is 45.2 Å². The Morgan fingerprint density at radius 2 is 1.85 bits per heavy atom. The van der Waals surface area contributed by atoms with Gasteiger partial charge in [0, 0.05) is 31.2 Å². The number of unbranched alkanes of at least 4 members (excludes halogenated alkanes) is 2. The number of rotatable bonds is 11. The van der Waals surface area contributed by atoms with Crippen LogP contribution in [0.3, 0.4) is 0 Å². The summed E-state index contributed by atoms with van der Waals surface area (Å²) in [6.07, 6.45) is 9.26. The smallest absolute Gasteiger partial charge is 0.0547 e. The molecule has 3 nitrogen and oxygen atoms in total. The van der Waals surface area contributed by atoms with Crippen LogP contribution in [-0.2, 0) is 4.74 Å².